The van der Waals surface area contributed by atoms with E-state index >= 15 is 0 Å². The van der Waals surface area contributed by atoms with Crippen molar-refractivity contribution in [2.75, 3.05) is 0 Å². The Morgan fingerprint density at radius 2 is 1.47 bits per heavy atom. The van der Waals surface area contributed by atoms with Crippen LogP contribution in [-0.2, 0) is 4.79 Å². The lowest BCUT2D eigenvalue weighted by Gasteiger charge is -2.60. The van der Waals surface area contributed by atoms with Crippen molar-refractivity contribution in [2.24, 2.45) is 22.7 Å². The fourth-order valence-electron chi connectivity index (χ4n) is 6.80. The molecular weight excluding hydrogens is 392 g/mol. The molecule has 1 unspecified atom stereocenters. The van der Waals surface area contributed by atoms with Gasteiger partial charge < -0.3 is 5.11 Å². The molecule has 0 aromatic rings. The van der Waals surface area contributed by atoms with Gasteiger partial charge in [0, 0.05) is 11.8 Å². The molecule has 0 aliphatic heterocycles. The number of allylic oxidation sites excluding steroid dienone is 6. The number of carbonyl (C=O) groups is 1. The second-order valence-electron chi connectivity index (χ2n) is 12.2. The van der Waals surface area contributed by atoms with Crippen LogP contribution in [0.25, 0.3) is 0 Å². The smallest absolute Gasteiger partial charge is 0.138 e. The van der Waals surface area contributed by atoms with Crippen molar-refractivity contribution >= 4 is 5.78 Å². The molecule has 2 fully saturated rings. The Morgan fingerprint density at radius 3 is 2.06 bits per heavy atom. The summed E-state index contributed by atoms with van der Waals surface area (Å²) in [5, 5.41) is 11.3. The molecule has 2 saturated carbocycles. The SMILES string of the molecule is CC(C)=CCC/C(C)=C/CC/C(C)=C/CC[C@@H]1[C@@]2(C)CCC(=O)C(C)(C)C2CC[C@@]1(C)O. The molecule has 182 valence electrons. The standard InChI is InChI=1S/C30H50O2/c1-22(2)12-9-13-23(3)14-10-15-24(4)16-11-17-26-29(7)20-19-27(31)28(5,6)25(29)18-21-30(26,8)32/h12,14,16,25-26,32H,9-11,13,15,17-21H2,1-8H3/b23-14+,24-16+/t25?,26-,29+,30-/m1/s1. The lowest BCUT2D eigenvalue weighted by Crippen LogP contribution is -2.59. The van der Waals surface area contributed by atoms with Crippen LogP contribution < -0.4 is 0 Å². The van der Waals surface area contributed by atoms with E-state index < -0.39 is 5.60 Å². The first kappa shape index (κ1) is 27.1. The Morgan fingerprint density at radius 1 is 0.906 bits per heavy atom. The zero-order valence-electron chi connectivity index (χ0n) is 22.3. The van der Waals surface area contributed by atoms with E-state index in [9.17, 15) is 9.90 Å². The summed E-state index contributed by atoms with van der Waals surface area (Å²) in [5.41, 5.74) is 3.50. The van der Waals surface area contributed by atoms with E-state index in [4.69, 9.17) is 0 Å². The fraction of sp³-hybridized carbons (Fsp3) is 0.767. The molecule has 2 heteroatoms. The molecule has 0 aromatic carbocycles. The number of Topliss-reactive ketones (excluding diaryl/α,β-unsaturated/α-hetero) is 1. The molecule has 0 spiro atoms. The number of fused-ring (bicyclic) bond motifs is 1. The highest BCUT2D eigenvalue weighted by Gasteiger charge is 2.59. The summed E-state index contributed by atoms with van der Waals surface area (Å²) in [5.74, 6) is 1.05. The Balaban J connectivity index is 1.95. The van der Waals surface area contributed by atoms with Crippen LogP contribution >= 0.6 is 0 Å². The normalized spacial score (nSPS) is 33.1. The summed E-state index contributed by atoms with van der Waals surface area (Å²) in [6, 6.07) is 0. The monoisotopic (exact) mass is 442 g/mol. The number of carbonyl (C=O) groups excluding carboxylic acids is 1. The van der Waals surface area contributed by atoms with E-state index in [0.29, 0.717) is 18.1 Å². The Bertz CT molecular complexity index is 745. The van der Waals surface area contributed by atoms with E-state index in [1.54, 1.807) is 0 Å². The molecular formula is C30H50O2. The molecule has 1 N–H and O–H groups in total. The van der Waals surface area contributed by atoms with Crippen LogP contribution in [0.2, 0.25) is 0 Å². The van der Waals surface area contributed by atoms with Crippen molar-refractivity contribution in [3.05, 3.63) is 34.9 Å². The molecule has 2 rings (SSSR count). The average molecular weight is 443 g/mol. The zero-order valence-corrected chi connectivity index (χ0v) is 22.3. The summed E-state index contributed by atoms with van der Waals surface area (Å²) in [7, 11) is 0. The van der Waals surface area contributed by atoms with Gasteiger partial charge in [0.25, 0.3) is 0 Å². The zero-order chi connectivity index (χ0) is 24.2. The molecule has 0 heterocycles. The molecule has 0 amide bonds. The van der Waals surface area contributed by atoms with Gasteiger partial charge >= 0.3 is 0 Å². The lowest BCUT2D eigenvalue weighted by atomic mass is 9.45. The largest absolute Gasteiger partial charge is 0.390 e. The number of hydrogen-bond donors (Lipinski definition) is 1. The van der Waals surface area contributed by atoms with Gasteiger partial charge in [0.05, 0.1) is 5.60 Å². The minimum Gasteiger partial charge on any atom is -0.390 e. The van der Waals surface area contributed by atoms with E-state index in [-0.39, 0.29) is 16.7 Å². The van der Waals surface area contributed by atoms with Crippen molar-refractivity contribution in [3.8, 4) is 0 Å². The molecule has 0 radical (unpaired) electrons. The predicted octanol–water partition coefficient (Wildman–Crippen LogP) is 8.36. The quantitative estimate of drug-likeness (QED) is 0.364. The Labute approximate surface area is 198 Å². The highest BCUT2D eigenvalue weighted by molar-refractivity contribution is 5.85. The topological polar surface area (TPSA) is 37.3 Å². The number of hydrogen-bond acceptors (Lipinski definition) is 2. The lowest BCUT2D eigenvalue weighted by molar-refractivity contribution is -0.177. The van der Waals surface area contributed by atoms with Crippen LogP contribution in [0.5, 0.6) is 0 Å². The van der Waals surface area contributed by atoms with Crippen molar-refractivity contribution < 1.29 is 9.90 Å². The van der Waals surface area contributed by atoms with Crippen molar-refractivity contribution in [2.45, 2.75) is 125 Å². The Hall–Kier alpha value is -1.15. The van der Waals surface area contributed by atoms with Crippen LogP contribution in [0.1, 0.15) is 120 Å². The van der Waals surface area contributed by atoms with Gasteiger partial charge in [-0.1, -0.05) is 55.7 Å². The fourth-order valence-corrected chi connectivity index (χ4v) is 6.80. The Kier molecular flexibility index (Phi) is 9.19. The van der Waals surface area contributed by atoms with Gasteiger partial charge in [0.2, 0.25) is 0 Å². The van der Waals surface area contributed by atoms with Gasteiger partial charge in [0.15, 0.2) is 0 Å². The summed E-state index contributed by atoms with van der Waals surface area (Å²) >= 11 is 0. The summed E-state index contributed by atoms with van der Waals surface area (Å²) in [4.78, 5) is 12.6. The number of aliphatic hydroxyl groups is 1. The molecule has 0 aromatic heterocycles. The van der Waals surface area contributed by atoms with Crippen LogP contribution in [0.3, 0.4) is 0 Å². The maximum atomic E-state index is 12.6. The molecule has 32 heavy (non-hydrogen) atoms. The third-order valence-electron chi connectivity index (χ3n) is 8.83. The highest BCUT2D eigenvalue weighted by atomic mass is 16.3. The molecule has 0 bridgehead atoms. The molecule has 2 aliphatic carbocycles. The van der Waals surface area contributed by atoms with E-state index in [1.165, 1.54) is 16.7 Å². The number of ketones is 1. The second kappa shape index (κ2) is 10.9. The molecule has 4 atom stereocenters. The van der Waals surface area contributed by atoms with Crippen LogP contribution in [0.4, 0.5) is 0 Å². The maximum absolute atomic E-state index is 12.6. The first-order chi connectivity index (χ1) is 14.8. The average Bonchev–Trinajstić information content (AvgIpc) is 2.67. The number of rotatable bonds is 9. The van der Waals surface area contributed by atoms with Crippen LogP contribution in [0.15, 0.2) is 34.9 Å². The first-order valence-corrected chi connectivity index (χ1v) is 13.0. The van der Waals surface area contributed by atoms with Gasteiger partial charge in [-0.15, -0.1) is 0 Å². The van der Waals surface area contributed by atoms with Crippen LogP contribution in [-0.4, -0.2) is 16.5 Å². The first-order valence-electron chi connectivity index (χ1n) is 13.0. The minimum absolute atomic E-state index is 0.0477. The van der Waals surface area contributed by atoms with E-state index in [1.807, 2.05) is 6.92 Å². The third-order valence-corrected chi connectivity index (χ3v) is 8.83. The minimum atomic E-state index is -0.630. The summed E-state index contributed by atoms with van der Waals surface area (Å²) in [6.07, 6.45) is 17.0. The van der Waals surface area contributed by atoms with Gasteiger partial charge in [0.1, 0.15) is 5.78 Å². The third kappa shape index (κ3) is 6.46. The van der Waals surface area contributed by atoms with E-state index in [0.717, 1.165) is 57.8 Å². The second-order valence-corrected chi connectivity index (χ2v) is 12.2. The van der Waals surface area contributed by atoms with Gasteiger partial charge in [-0.3, -0.25) is 4.79 Å². The molecule has 2 aliphatic rings. The maximum Gasteiger partial charge on any atom is 0.138 e. The predicted molar refractivity (Wildman–Crippen MR) is 138 cm³/mol. The summed E-state index contributed by atoms with van der Waals surface area (Å²) in [6.45, 7) is 17.5. The van der Waals surface area contributed by atoms with E-state index in [2.05, 4.69) is 66.7 Å². The van der Waals surface area contributed by atoms with Crippen molar-refractivity contribution in [3.63, 3.8) is 0 Å². The van der Waals surface area contributed by atoms with Gasteiger partial charge in [-0.2, -0.15) is 0 Å². The highest BCUT2D eigenvalue weighted by Crippen LogP contribution is 2.62. The van der Waals surface area contributed by atoms with Gasteiger partial charge in [-0.05, 0) is 110 Å². The van der Waals surface area contributed by atoms with Gasteiger partial charge in [-0.25, -0.2) is 0 Å². The van der Waals surface area contributed by atoms with Crippen molar-refractivity contribution in [1.29, 1.82) is 0 Å². The van der Waals surface area contributed by atoms with Crippen molar-refractivity contribution in [1.82, 2.24) is 0 Å². The molecule has 2 nitrogen and oxygen atoms in total. The summed E-state index contributed by atoms with van der Waals surface area (Å²) < 4.78 is 0. The molecule has 0 saturated heterocycles. The van der Waals surface area contributed by atoms with Crippen LogP contribution in [0, 0.1) is 22.7 Å².